The minimum absolute atomic E-state index is 0.187. The molecule has 0 aliphatic carbocycles. The summed E-state index contributed by atoms with van der Waals surface area (Å²) in [6, 6.07) is 6.64. The van der Waals surface area contributed by atoms with E-state index in [-0.39, 0.29) is 10.7 Å². The largest absolute Gasteiger partial charge is 0.338 e. The Labute approximate surface area is 97.5 Å². The Morgan fingerprint density at radius 1 is 1.18 bits per heavy atom. The maximum Gasteiger partial charge on any atom is 0.286 e. The van der Waals surface area contributed by atoms with Crippen LogP contribution in [0.2, 0.25) is 0 Å². The molecule has 1 aliphatic heterocycles. The summed E-state index contributed by atoms with van der Waals surface area (Å²) in [6.45, 7) is 0. The lowest BCUT2D eigenvalue weighted by Crippen LogP contribution is -2.21. The van der Waals surface area contributed by atoms with E-state index in [1.165, 1.54) is 12.3 Å². The van der Waals surface area contributed by atoms with Gasteiger partial charge in [-0.2, -0.15) is 13.5 Å². The third kappa shape index (κ3) is 1.60. The van der Waals surface area contributed by atoms with Crippen LogP contribution >= 0.6 is 0 Å². The van der Waals surface area contributed by atoms with Gasteiger partial charge in [0.2, 0.25) is 0 Å². The molecule has 0 bridgehead atoms. The number of amidine groups is 1. The first-order valence-corrected chi connectivity index (χ1v) is 6.31. The number of anilines is 1. The number of fused-ring (bicyclic) bond motifs is 1. The number of benzene rings is 1. The van der Waals surface area contributed by atoms with Crippen molar-refractivity contribution in [1.82, 2.24) is 10.2 Å². The predicted molar refractivity (Wildman–Crippen MR) is 62.4 cm³/mol. The highest BCUT2D eigenvalue weighted by Gasteiger charge is 2.25. The second-order valence-corrected chi connectivity index (χ2v) is 5.10. The van der Waals surface area contributed by atoms with Gasteiger partial charge in [-0.05, 0) is 12.1 Å². The Morgan fingerprint density at radius 2 is 2.00 bits per heavy atom. The number of rotatable bonds is 1. The lowest BCUT2D eigenvalue weighted by molar-refractivity contribution is 0.598. The molecule has 86 valence electrons. The highest BCUT2D eigenvalue weighted by molar-refractivity contribution is 7.90. The van der Waals surface area contributed by atoms with Crippen LogP contribution < -0.4 is 5.32 Å². The number of nitrogens with one attached hydrogen (secondary N) is 2. The summed E-state index contributed by atoms with van der Waals surface area (Å²) in [6.07, 6.45) is 3.09. The van der Waals surface area contributed by atoms with Crippen molar-refractivity contribution in [2.75, 3.05) is 5.32 Å². The zero-order valence-electron chi connectivity index (χ0n) is 8.58. The number of H-pyrrole nitrogens is 1. The zero-order valence-corrected chi connectivity index (χ0v) is 9.40. The van der Waals surface area contributed by atoms with Crippen LogP contribution in [0.15, 0.2) is 46.0 Å². The maximum absolute atomic E-state index is 11.9. The summed E-state index contributed by atoms with van der Waals surface area (Å²) in [4.78, 5) is 0.187. The standard InChI is InChI=1S/C10H8N4O2S/c15-17(16)9-4-2-1-3-8(9)13-10(14-17)7-5-11-12-6-7/h1-6H,(H,11,12)(H,13,14). The van der Waals surface area contributed by atoms with Gasteiger partial charge in [0.25, 0.3) is 10.0 Å². The van der Waals surface area contributed by atoms with Crippen LogP contribution in [0.4, 0.5) is 5.69 Å². The van der Waals surface area contributed by atoms with E-state index in [2.05, 4.69) is 19.9 Å². The molecule has 3 rings (SSSR count). The highest BCUT2D eigenvalue weighted by atomic mass is 32.2. The topological polar surface area (TPSA) is 87.2 Å². The molecule has 0 fully saturated rings. The summed E-state index contributed by atoms with van der Waals surface area (Å²) in [5.74, 6) is 0.275. The zero-order chi connectivity index (χ0) is 11.9. The summed E-state index contributed by atoms with van der Waals surface area (Å²) >= 11 is 0. The molecule has 1 aromatic heterocycles. The van der Waals surface area contributed by atoms with Crippen molar-refractivity contribution in [1.29, 1.82) is 0 Å². The first kappa shape index (κ1) is 10.0. The molecule has 7 heteroatoms. The van der Waals surface area contributed by atoms with Gasteiger partial charge in [-0.1, -0.05) is 12.1 Å². The van der Waals surface area contributed by atoms with Gasteiger partial charge < -0.3 is 5.32 Å². The second kappa shape index (κ2) is 3.42. The van der Waals surface area contributed by atoms with Crippen molar-refractivity contribution in [2.45, 2.75) is 4.90 Å². The molecule has 0 saturated heterocycles. The average Bonchev–Trinajstić information content (AvgIpc) is 2.81. The van der Waals surface area contributed by atoms with Crippen LogP contribution in [0.5, 0.6) is 0 Å². The van der Waals surface area contributed by atoms with Crippen molar-refractivity contribution >= 4 is 21.5 Å². The van der Waals surface area contributed by atoms with Crippen LogP contribution in [-0.4, -0.2) is 24.5 Å². The van der Waals surface area contributed by atoms with Gasteiger partial charge in [0.05, 0.1) is 17.4 Å². The summed E-state index contributed by atoms with van der Waals surface area (Å²) in [7, 11) is -3.63. The molecular weight excluding hydrogens is 240 g/mol. The summed E-state index contributed by atoms with van der Waals surface area (Å²) in [5.41, 5.74) is 1.13. The minimum atomic E-state index is -3.63. The summed E-state index contributed by atoms with van der Waals surface area (Å²) < 4.78 is 27.6. The molecule has 17 heavy (non-hydrogen) atoms. The van der Waals surface area contributed by atoms with Gasteiger partial charge in [0.1, 0.15) is 4.90 Å². The first-order chi connectivity index (χ1) is 8.17. The molecule has 2 heterocycles. The molecule has 6 nitrogen and oxygen atoms in total. The number of para-hydroxylation sites is 1. The molecule has 0 unspecified atom stereocenters. The normalized spacial score (nSPS) is 16.8. The first-order valence-electron chi connectivity index (χ1n) is 4.87. The molecule has 1 aliphatic rings. The molecular formula is C10H8N4O2S. The molecule has 2 N–H and O–H groups in total. The number of sulfonamides is 1. The molecule has 0 atom stereocenters. The van der Waals surface area contributed by atoms with Gasteiger partial charge in [0, 0.05) is 6.20 Å². The summed E-state index contributed by atoms with van der Waals surface area (Å²) in [5, 5.41) is 9.34. The average molecular weight is 248 g/mol. The van der Waals surface area contributed by atoms with Crippen molar-refractivity contribution in [3.8, 4) is 0 Å². The maximum atomic E-state index is 11.9. The van der Waals surface area contributed by atoms with E-state index in [1.54, 1.807) is 24.4 Å². The van der Waals surface area contributed by atoms with E-state index in [1.807, 2.05) is 0 Å². The van der Waals surface area contributed by atoms with Gasteiger partial charge in [0.15, 0.2) is 5.84 Å². The molecule has 2 aromatic rings. The smallest absolute Gasteiger partial charge is 0.286 e. The minimum Gasteiger partial charge on any atom is -0.338 e. The molecule has 1 aromatic carbocycles. The van der Waals surface area contributed by atoms with Crippen LogP contribution in [0, 0.1) is 0 Å². The van der Waals surface area contributed by atoms with Crippen LogP contribution in [0.3, 0.4) is 0 Å². The van der Waals surface area contributed by atoms with Crippen LogP contribution in [0.25, 0.3) is 0 Å². The number of aromatic amines is 1. The quantitative estimate of drug-likeness (QED) is 0.787. The van der Waals surface area contributed by atoms with E-state index in [0.717, 1.165) is 0 Å². The Hall–Kier alpha value is -2.15. The third-order valence-electron chi connectivity index (χ3n) is 2.40. The Kier molecular flexibility index (Phi) is 2.02. The fourth-order valence-electron chi connectivity index (χ4n) is 1.62. The van der Waals surface area contributed by atoms with Gasteiger partial charge in [-0.15, -0.1) is 4.40 Å². The molecule has 0 spiro atoms. The Bertz CT molecular complexity index is 689. The highest BCUT2D eigenvalue weighted by Crippen LogP contribution is 2.27. The Balaban J connectivity index is 2.18. The molecule has 0 saturated carbocycles. The fraction of sp³-hybridized carbons (Fsp3) is 0. The number of hydrogen-bond donors (Lipinski definition) is 2. The van der Waals surface area contributed by atoms with Crippen molar-refractivity contribution < 1.29 is 8.42 Å². The van der Waals surface area contributed by atoms with Crippen LogP contribution in [0.1, 0.15) is 5.56 Å². The number of hydrogen-bond acceptors (Lipinski definition) is 4. The third-order valence-corrected chi connectivity index (χ3v) is 3.74. The lowest BCUT2D eigenvalue weighted by Gasteiger charge is -2.16. The number of nitrogens with zero attached hydrogens (tertiary/aromatic N) is 2. The second-order valence-electron chi connectivity index (χ2n) is 3.52. The predicted octanol–water partition coefficient (Wildman–Crippen LogP) is 0.971. The van der Waals surface area contributed by atoms with E-state index in [4.69, 9.17) is 0 Å². The van der Waals surface area contributed by atoms with E-state index < -0.39 is 10.0 Å². The fourth-order valence-corrected chi connectivity index (χ4v) is 2.76. The lowest BCUT2D eigenvalue weighted by atomic mass is 10.3. The van der Waals surface area contributed by atoms with Crippen LogP contribution in [-0.2, 0) is 10.0 Å². The van der Waals surface area contributed by atoms with E-state index >= 15 is 0 Å². The van der Waals surface area contributed by atoms with Crippen molar-refractivity contribution in [3.05, 3.63) is 42.2 Å². The molecule has 0 radical (unpaired) electrons. The van der Waals surface area contributed by atoms with E-state index in [0.29, 0.717) is 11.3 Å². The van der Waals surface area contributed by atoms with Gasteiger partial charge >= 0.3 is 0 Å². The van der Waals surface area contributed by atoms with Crippen molar-refractivity contribution in [2.24, 2.45) is 4.40 Å². The Morgan fingerprint density at radius 3 is 2.76 bits per heavy atom. The monoisotopic (exact) mass is 248 g/mol. The van der Waals surface area contributed by atoms with Crippen molar-refractivity contribution in [3.63, 3.8) is 0 Å². The van der Waals surface area contributed by atoms with Gasteiger partial charge in [-0.3, -0.25) is 5.10 Å². The van der Waals surface area contributed by atoms with Gasteiger partial charge in [-0.25, -0.2) is 0 Å². The number of aromatic nitrogens is 2. The van der Waals surface area contributed by atoms with E-state index in [9.17, 15) is 8.42 Å². The SMILES string of the molecule is O=S1(=O)N=C(c2cn[nH]c2)Nc2ccccc21. The molecule has 0 amide bonds.